The number of methoxy groups -OCH3 is 1. The number of hydrogen-bond donors (Lipinski definition) is 1. The van der Waals surface area contributed by atoms with Crippen LogP contribution in [-0.2, 0) is 14.8 Å². The Hall–Kier alpha value is -3.14. The Labute approximate surface area is 156 Å². The van der Waals surface area contributed by atoms with Crippen molar-refractivity contribution in [1.82, 2.24) is 0 Å². The maximum atomic E-state index is 12.6. The lowest BCUT2D eigenvalue weighted by molar-refractivity contribution is -0.385. The van der Waals surface area contributed by atoms with Crippen molar-refractivity contribution in [2.75, 3.05) is 18.4 Å². The predicted octanol–water partition coefficient (Wildman–Crippen LogP) is 2.97. The Morgan fingerprint density at radius 1 is 1.19 bits per heavy atom. The van der Waals surface area contributed by atoms with E-state index in [-0.39, 0.29) is 27.6 Å². The number of non-ortho nitro benzene ring substituents is 1. The van der Waals surface area contributed by atoms with Crippen molar-refractivity contribution in [3.8, 4) is 5.75 Å². The molecule has 2 aromatic rings. The van der Waals surface area contributed by atoms with Crippen molar-refractivity contribution in [3.63, 3.8) is 0 Å². The molecule has 0 bridgehead atoms. The van der Waals surface area contributed by atoms with Gasteiger partial charge in [0.2, 0.25) is 0 Å². The van der Waals surface area contributed by atoms with Crippen LogP contribution >= 0.6 is 0 Å². The van der Waals surface area contributed by atoms with Crippen LogP contribution in [0, 0.1) is 10.1 Å². The van der Waals surface area contributed by atoms with E-state index in [4.69, 9.17) is 9.47 Å². The fraction of sp³-hybridized carbons (Fsp3) is 0.235. The van der Waals surface area contributed by atoms with E-state index in [9.17, 15) is 23.3 Å². The second-order valence-corrected chi connectivity index (χ2v) is 7.06. The minimum Gasteiger partial charge on any atom is -0.495 e. The van der Waals surface area contributed by atoms with Gasteiger partial charge < -0.3 is 9.47 Å². The summed E-state index contributed by atoms with van der Waals surface area (Å²) in [4.78, 5) is 21.6. The third-order valence-electron chi connectivity index (χ3n) is 3.46. The van der Waals surface area contributed by atoms with Gasteiger partial charge in [-0.2, -0.15) is 0 Å². The minimum absolute atomic E-state index is 0.0344. The highest BCUT2D eigenvalue weighted by Crippen LogP contribution is 2.29. The van der Waals surface area contributed by atoms with Crippen molar-refractivity contribution in [3.05, 3.63) is 58.1 Å². The SMILES string of the molecule is CCCOC(=O)c1ccc(NS(=O)(=O)c2cc([N+](=O)[O-])ccc2OC)cc1. The lowest BCUT2D eigenvalue weighted by Gasteiger charge is -2.12. The zero-order valence-corrected chi connectivity index (χ0v) is 15.5. The number of nitrogens with zero attached hydrogens (tertiary/aromatic N) is 1. The van der Waals surface area contributed by atoms with Crippen LogP contribution in [0.3, 0.4) is 0 Å². The number of carbonyl (C=O) groups is 1. The molecule has 0 saturated carbocycles. The predicted molar refractivity (Wildman–Crippen MR) is 97.5 cm³/mol. The van der Waals surface area contributed by atoms with Gasteiger partial charge in [-0.1, -0.05) is 6.92 Å². The lowest BCUT2D eigenvalue weighted by atomic mass is 10.2. The van der Waals surface area contributed by atoms with E-state index in [1.165, 1.54) is 37.4 Å². The van der Waals surface area contributed by atoms with Crippen LogP contribution in [0.2, 0.25) is 0 Å². The van der Waals surface area contributed by atoms with Crippen LogP contribution < -0.4 is 9.46 Å². The van der Waals surface area contributed by atoms with Gasteiger partial charge in [0, 0.05) is 17.8 Å². The monoisotopic (exact) mass is 394 g/mol. The molecular weight excluding hydrogens is 376 g/mol. The van der Waals surface area contributed by atoms with Gasteiger partial charge in [0.25, 0.3) is 15.7 Å². The first-order valence-electron chi connectivity index (χ1n) is 7.91. The zero-order chi connectivity index (χ0) is 20.0. The molecule has 0 aliphatic rings. The first-order valence-corrected chi connectivity index (χ1v) is 9.39. The molecule has 10 heteroatoms. The Morgan fingerprint density at radius 2 is 1.85 bits per heavy atom. The van der Waals surface area contributed by atoms with Crippen molar-refractivity contribution < 1.29 is 27.6 Å². The van der Waals surface area contributed by atoms with E-state index in [0.29, 0.717) is 13.0 Å². The fourth-order valence-electron chi connectivity index (χ4n) is 2.15. The molecule has 2 rings (SSSR count). The van der Waals surface area contributed by atoms with Gasteiger partial charge in [0.1, 0.15) is 10.6 Å². The van der Waals surface area contributed by atoms with E-state index in [2.05, 4.69) is 4.72 Å². The summed E-state index contributed by atoms with van der Waals surface area (Å²) in [6.07, 6.45) is 0.689. The van der Waals surface area contributed by atoms with Gasteiger partial charge in [0.15, 0.2) is 0 Å². The number of carbonyl (C=O) groups excluding carboxylic acids is 1. The zero-order valence-electron chi connectivity index (χ0n) is 14.7. The van der Waals surface area contributed by atoms with Crippen LogP contribution in [0.4, 0.5) is 11.4 Å². The Morgan fingerprint density at radius 3 is 2.41 bits per heavy atom. The number of esters is 1. The molecule has 27 heavy (non-hydrogen) atoms. The van der Waals surface area contributed by atoms with Crippen LogP contribution in [-0.4, -0.2) is 33.0 Å². The van der Waals surface area contributed by atoms with Crippen LogP contribution in [0.15, 0.2) is 47.4 Å². The summed E-state index contributed by atoms with van der Waals surface area (Å²) in [7, 11) is -2.89. The van der Waals surface area contributed by atoms with Gasteiger partial charge in [-0.25, -0.2) is 13.2 Å². The number of anilines is 1. The van der Waals surface area contributed by atoms with E-state index < -0.39 is 20.9 Å². The van der Waals surface area contributed by atoms with Crippen molar-refractivity contribution >= 4 is 27.4 Å². The molecule has 0 atom stereocenters. The molecule has 0 aromatic heterocycles. The molecule has 0 fully saturated rings. The molecule has 144 valence electrons. The molecular formula is C17H18N2O7S. The first kappa shape index (κ1) is 20.2. The van der Waals surface area contributed by atoms with Crippen molar-refractivity contribution in [1.29, 1.82) is 0 Å². The van der Waals surface area contributed by atoms with Gasteiger partial charge in [-0.15, -0.1) is 0 Å². The summed E-state index contributed by atoms with van der Waals surface area (Å²) in [5.41, 5.74) is 0.0696. The summed E-state index contributed by atoms with van der Waals surface area (Å²) in [5, 5.41) is 10.9. The van der Waals surface area contributed by atoms with E-state index in [0.717, 1.165) is 12.1 Å². The van der Waals surface area contributed by atoms with Crippen LogP contribution in [0.25, 0.3) is 0 Å². The Kier molecular flexibility index (Phi) is 6.35. The molecule has 0 unspecified atom stereocenters. The number of nitro benzene ring substituents is 1. The largest absolute Gasteiger partial charge is 0.495 e. The first-order chi connectivity index (χ1) is 12.8. The number of rotatable bonds is 8. The van der Waals surface area contributed by atoms with Gasteiger partial charge in [0.05, 0.1) is 24.2 Å². The highest BCUT2D eigenvalue weighted by atomic mass is 32.2. The maximum Gasteiger partial charge on any atom is 0.338 e. The molecule has 1 N–H and O–H groups in total. The standard InChI is InChI=1S/C17H18N2O7S/c1-3-10-26-17(20)12-4-6-13(7-5-12)18-27(23,24)16-11-14(19(21)22)8-9-15(16)25-2/h4-9,11,18H,3,10H2,1-2H3. The number of benzene rings is 2. The average molecular weight is 394 g/mol. The molecule has 0 heterocycles. The highest BCUT2D eigenvalue weighted by molar-refractivity contribution is 7.92. The maximum absolute atomic E-state index is 12.6. The summed E-state index contributed by atoms with van der Waals surface area (Å²) >= 11 is 0. The normalized spacial score (nSPS) is 10.9. The topological polar surface area (TPSA) is 125 Å². The molecule has 0 amide bonds. The van der Waals surface area contributed by atoms with E-state index >= 15 is 0 Å². The van der Waals surface area contributed by atoms with Gasteiger partial charge >= 0.3 is 5.97 Å². The van der Waals surface area contributed by atoms with Crippen molar-refractivity contribution in [2.45, 2.75) is 18.2 Å². The molecule has 9 nitrogen and oxygen atoms in total. The molecule has 0 saturated heterocycles. The number of nitro groups is 1. The lowest BCUT2D eigenvalue weighted by Crippen LogP contribution is -2.14. The number of nitrogens with one attached hydrogen (secondary N) is 1. The number of hydrogen-bond acceptors (Lipinski definition) is 7. The minimum atomic E-state index is -4.16. The number of ether oxygens (including phenoxy) is 2. The Bertz CT molecular complexity index is 940. The highest BCUT2D eigenvalue weighted by Gasteiger charge is 2.23. The fourth-order valence-corrected chi connectivity index (χ4v) is 3.40. The molecule has 2 aromatic carbocycles. The summed E-state index contributed by atoms with van der Waals surface area (Å²) < 4.78 is 37.5. The third kappa shape index (κ3) is 4.94. The average Bonchev–Trinajstić information content (AvgIpc) is 2.65. The summed E-state index contributed by atoms with van der Waals surface area (Å²) in [5.74, 6) is -0.542. The van der Waals surface area contributed by atoms with Crippen LogP contribution in [0.1, 0.15) is 23.7 Å². The summed E-state index contributed by atoms with van der Waals surface area (Å²) in [6.45, 7) is 2.16. The van der Waals surface area contributed by atoms with E-state index in [1.54, 1.807) is 0 Å². The van der Waals surface area contributed by atoms with Crippen LogP contribution in [0.5, 0.6) is 5.75 Å². The van der Waals surface area contributed by atoms with Crippen molar-refractivity contribution in [2.24, 2.45) is 0 Å². The summed E-state index contributed by atoms with van der Waals surface area (Å²) in [6, 6.07) is 8.89. The second kappa shape index (κ2) is 8.49. The quantitative estimate of drug-likeness (QED) is 0.414. The number of sulfonamides is 1. The molecule has 0 radical (unpaired) electrons. The Balaban J connectivity index is 2.27. The third-order valence-corrected chi connectivity index (χ3v) is 4.86. The molecule has 0 aliphatic heterocycles. The molecule has 0 aliphatic carbocycles. The van der Waals surface area contributed by atoms with Gasteiger partial charge in [-0.05, 0) is 36.8 Å². The van der Waals surface area contributed by atoms with E-state index in [1.807, 2.05) is 6.92 Å². The molecule has 0 spiro atoms. The second-order valence-electron chi connectivity index (χ2n) is 5.41. The smallest absolute Gasteiger partial charge is 0.338 e. The van der Waals surface area contributed by atoms with Gasteiger partial charge in [-0.3, -0.25) is 14.8 Å².